The highest BCUT2D eigenvalue weighted by molar-refractivity contribution is 6.00. The van der Waals surface area contributed by atoms with Gasteiger partial charge < -0.3 is 14.7 Å². The normalized spacial score (nSPS) is 18.0. The molecule has 0 radical (unpaired) electrons. The topological polar surface area (TPSA) is 83.9 Å². The smallest absolute Gasteiger partial charge is 0.323 e. The summed E-state index contributed by atoms with van der Waals surface area (Å²) in [6, 6.07) is 7.41. The van der Waals surface area contributed by atoms with E-state index in [4.69, 9.17) is 4.74 Å². The third-order valence-electron chi connectivity index (χ3n) is 4.78. The minimum atomic E-state index is -1.05. The molecule has 1 aromatic rings. The molecule has 6 heteroatoms. The van der Waals surface area contributed by atoms with E-state index in [1.54, 1.807) is 19.1 Å². The second kappa shape index (κ2) is 9.36. The molecule has 2 unspecified atom stereocenters. The molecule has 0 saturated carbocycles. The molecule has 1 heterocycles. The summed E-state index contributed by atoms with van der Waals surface area (Å²) in [5.41, 5.74) is 1.62. The van der Waals surface area contributed by atoms with Gasteiger partial charge in [0.1, 0.15) is 6.54 Å². The van der Waals surface area contributed by atoms with Crippen molar-refractivity contribution in [1.29, 1.82) is 0 Å². The number of carbonyl (C=O) groups is 3. The maximum absolute atomic E-state index is 13.1. The van der Waals surface area contributed by atoms with Crippen LogP contribution in [0, 0.1) is 11.8 Å². The Hall–Kier alpha value is -2.37. The number of carboxylic acids is 1. The fourth-order valence-corrected chi connectivity index (χ4v) is 3.58. The van der Waals surface area contributed by atoms with Crippen LogP contribution in [0.4, 0.5) is 5.69 Å². The SMILES string of the molecule is CCCC(CC1CCc2ccccc2N(CC(=O)O)C1=O)C(=O)OCC. The van der Waals surface area contributed by atoms with Crippen LogP contribution in [0.2, 0.25) is 0 Å². The fourth-order valence-electron chi connectivity index (χ4n) is 3.58. The number of aliphatic carboxylic acids is 1. The molecule has 142 valence electrons. The van der Waals surface area contributed by atoms with E-state index < -0.39 is 5.97 Å². The van der Waals surface area contributed by atoms with Crippen LogP contribution in [-0.2, 0) is 25.5 Å². The van der Waals surface area contributed by atoms with Crippen molar-refractivity contribution in [1.82, 2.24) is 0 Å². The molecule has 0 spiro atoms. The van der Waals surface area contributed by atoms with Gasteiger partial charge in [-0.3, -0.25) is 14.4 Å². The predicted molar refractivity (Wildman–Crippen MR) is 97.9 cm³/mol. The minimum absolute atomic E-state index is 0.220. The van der Waals surface area contributed by atoms with Crippen LogP contribution in [0.3, 0.4) is 0 Å². The number of anilines is 1. The van der Waals surface area contributed by atoms with Crippen molar-refractivity contribution < 1.29 is 24.2 Å². The second-order valence-corrected chi connectivity index (χ2v) is 6.66. The summed E-state index contributed by atoms with van der Waals surface area (Å²) < 4.78 is 5.16. The van der Waals surface area contributed by atoms with Crippen molar-refractivity contribution in [2.45, 2.75) is 46.0 Å². The van der Waals surface area contributed by atoms with Gasteiger partial charge >= 0.3 is 11.9 Å². The van der Waals surface area contributed by atoms with Crippen molar-refractivity contribution in [2.75, 3.05) is 18.1 Å². The van der Waals surface area contributed by atoms with Crippen molar-refractivity contribution in [3.8, 4) is 0 Å². The van der Waals surface area contributed by atoms with E-state index in [0.717, 1.165) is 12.0 Å². The van der Waals surface area contributed by atoms with Gasteiger partial charge in [0.25, 0.3) is 0 Å². The average molecular weight is 361 g/mol. The Labute approximate surface area is 154 Å². The molecule has 1 aliphatic rings. The van der Waals surface area contributed by atoms with Crippen LogP contribution < -0.4 is 4.90 Å². The summed E-state index contributed by atoms with van der Waals surface area (Å²) in [7, 11) is 0. The first-order valence-corrected chi connectivity index (χ1v) is 9.25. The van der Waals surface area contributed by atoms with Gasteiger partial charge in [-0.25, -0.2) is 0 Å². The number of esters is 1. The first kappa shape index (κ1) is 19.9. The number of nitrogens with zero attached hydrogens (tertiary/aromatic N) is 1. The first-order valence-electron chi connectivity index (χ1n) is 9.25. The Balaban J connectivity index is 2.26. The molecule has 2 atom stereocenters. The summed E-state index contributed by atoms with van der Waals surface area (Å²) in [5, 5.41) is 9.24. The van der Waals surface area contributed by atoms with Crippen molar-refractivity contribution in [3.63, 3.8) is 0 Å². The lowest BCUT2D eigenvalue weighted by Gasteiger charge is -2.26. The molecule has 0 aliphatic carbocycles. The van der Waals surface area contributed by atoms with Crippen LogP contribution in [-0.4, -0.2) is 36.1 Å². The van der Waals surface area contributed by atoms with Gasteiger partial charge in [0.15, 0.2) is 0 Å². The average Bonchev–Trinajstić information content (AvgIpc) is 2.73. The number of rotatable bonds is 8. The van der Waals surface area contributed by atoms with Crippen molar-refractivity contribution in [2.24, 2.45) is 11.8 Å². The van der Waals surface area contributed by atoms with Gasteiger partial charge in [-0.05, 0) is 44.2 Å². The summed E-state index contributed by atoms with van der Waals surface area (Å²) in [6.45, 7) is 3.70. The Morgan fingerprint density at radius 3 is 2.69 bits per heavy atom. The van der Waals surface area contributed by atoms with Crippen molar-refractivity contribution in [3.05, 3.63) is 29.8 Å². The lowest BCUT2D eigenvalue weighted by molar-refractivity contribution is -0.149. The molecule has 1 N–H and O–H groups in total. The zero-order valence-electron chi connectivity index (χ0n) is 15.4. The van der Waals surface area contributed by atoms with Gasteiger partial charge in [0, 0.05) is 11.6 Å². The Bertz CT molecular complexity index is 657. The van der Waals surface area contributed by atoms with Gasteiger partial charge in [0.2, 0.25) is 5.91 Å². The Morgan fingerprint density at radius 1 is 1.31 bits per heavy atom. The molecule has 6 nitrogen and oxygen atoms in total. The molecule has 1 amide bonds. The number of amides is 1. The van der Waals surface area contributed by atoms with Crippen LogP contribution in [0.15, 0.2) is 24.3 Å². The maximum Gasteiger partial charge on any atom is 0.323 e. The number of carboxylic acid groups (broad SMARTS) is 1. The maximum atomic E-state index is 13.1. The predicted octanol–water partition coefficient (Wildman–Crippen LogP) is 3.04. The summed E-state index contributed by atoms with van der Waals surface area (Å²) in [6.07, 6.45) is 3.17. The zero-order valence-corrected chi connectivity index (χ0v) is 15.4. The molecule has 0 bridgehead atoms. The number of para-hydroxylation sites is 1. The quantitative estimate of drug-likeness (QED) is 0.720. The molecule has 0 fully saturated rings. The molecule has 2 rings (SSSR count). The number of hydrogen-bond acceptors (Lipinski definition) is 4. The number of benzene rings is 1. The summed E-state index contributed by atoms with van der Waals surface area (Å²) in [4.78, 5) is 38.0. The molecule has 0 saturated heterocycles. The largest absolute Gasteiger partial charge is 0.480 e. The Morgan fingerprint density at radius 2 is 2.04 bits per heavy atom. The van der Waals surface area contributed by atoms with Gasteiger partial charge in [-0.1, -0.05) is 31.5 Å². The molecule has 1 aliphatic heterocycles. The fraction of sp³-hybridized carbons (Fsp3) is 0.550. The lowest BCUT2D eigenvalue weighted by Crippen LogP contribution is -2.40. The van der Waals surface area contributed by atoms with Crippen LogP contribution in [0.5, 0.6) is 0 Å². The van der Waals surface area contributed by atoms with E-state index in [-0.39, 0.29) is 30.3 Å². The van der Waals surface area contributed by atoms with Crippen LogP contribution in [0.25, 0.3) is 0 Å². The monoisotopic (exact) mass is 361 g/mol. The highest BCUT2D eigenvalue weighted by atomic mass is 16.5. The van der Waals surface area contributed by atoms with Crippen molar-refractivity contribution >= 4 is 23.5 Å². The van der Waals surface area contributed by atoms with E-state index in [0.29, 0.717) is 38.0 Å². The number of ether oxygens (including phenoxy) is 1. The molecule has 0 aromatic heterocycles. The number of aryl methyl sites for hydroxylation is 1. The van der Waals surface area contributed by atoms with E-state index in [2.05, 4.69) is 0 Å². The second-order valence-electron chi connectivity index (χ2n) is 6.66. The number of hydrogen-bond donors (Lipinski definition) is 1. The highest BCUT2D eigenvalue weighted by Gasteiger charge is 2.34. The minimum Gasteiger partial charge on any atom is -0.480 e. The van der Waals surface area contributed by atoms with Gasteiger partial charge in [-0.2, -0.15) is 0 Å². The standard InChI is InChI=1S/C20H27NO5/c1-3-7-16(20(25)26-4-2)12-15-11-10-14-8-5-6-9-17(14)21(19(15)24)13-18(22)23/h5-6,8-9,15-16H,3-4,7,10-13H2,1-2H3,(H,22,23). The third-order valence-corrected chi connectivity index (χ3v) is 4.78. The van der Waals surface area contributed by atoms with E-state index in [1.165, 1.54) is 4.90 Å². The van der Waals surface area contributed by atoms with E-state index in [9.17, 15) is 19.5 Å². The molecule has 26 heavy (non-hydrogen) atoms. The Kier molecular flexibility index (Phi) is 7.18. The summed E-state index contributed by atoms with van der Waals surface area (Å²) >= 11 is 0. The highest BCUT2D eigenvalue weighted by Crippen LogP contribution is 2.33. The molecular formula is C20H27NO5. The lowest BCUT2D eigenvalue weighted by atomic mass is 9.87. The number of carbonyl (C=O) groups excluding carboxylic acids is 2. The molecule has 1 aromatic carbocycles. The first-order chi connectivity index (χ1) is 12.5. The van der Waals surface area contributed by atoms with E-state index in [1.807, 2.05) is 19.1 Å². The molecular weight excluding hydrogens is 334 g/mol. The third kappa shape index (κ3) is 4.84. The van der Waals surface area contributed by atoms with Crippen LogP contribution in [0.1, 0.15) is 45.1 Å². The number of fused-ring (bicyclic) bond motifs is 1. The van der Waals surface area contributed by atoms with Gasteiger partial charge in [0.05, 0.1) is 12.5 Å². The van der Waals surface area contributed by atoms with Crippen LogP contribution >= 0.6 is 0 Å². The van der Waals surface area contributed by atoms with Gasteiger partial charge in [-0.15, -0.1) is 0 Å². The summed E-state index contributed by atoms with van der Waals surface area (Å²) in [5.74, 6) is -2.26. The zero-order chi connectivity index (χ0) is 19.1. The van der Waals surface area contributed by atoms with E-state index >= 15 is 0 Å².